The summed E-state index contributed by atoms with van der Waals surface area (Å²) in [4.78, 5) is 20.6. The van der Waals surface area contributed by atoms with E-state index in [0.29, 0.717) is 28.7 Å². The Kier molecular flexibility index (Phi) is 6.31. The first-order valence-electron chi connectivity index (χ1n) is 10.3. The number of carbonyl (C=O) groups is 1. The zero-order valence-corrected chi connectivity index (χ0v) is 18.3. The van der Waals surface area contributed by atoms with E-state index in [2.05, 4.69) is 20.4 Å². The topological polar surface area (TPSA) is 81.9 Å². The molecule has 0 fully saturated rings. The van der Waals surface area contributed by atoms with Gasteiger partial charge in [0.15, 0.2) is 5.82 Å². The Morgan fingerprint density at radius 2 is 1.71 bits per heavy atom. The standard InChI is InChI=1S/C24H20F3N5O2/c1-15-11-16(2)32(31-15)21-13-23(29-14-28-21)34-20-9-7-19(8-10-20)30-22(33)12-17-3-5-18(6-4-17)24(25,26)27/h3-11,13-14H,12H2,1-2H3,(H,30,33). The largest absolute Gasteiger partial charge is 0.439 e. The van der Waals surface area contributed by atoms with Gasteiger partial charge in [-0.3, -0.25) is 4.79 Å². The number of rotatable bonds is 6. The molecule has 0 saturated carbocycles. The predicted octanol–water partition coefficient (Wildman–Crippen LogP) is 5.27. The summed E-state index contributed by atoms with van der Waals surface area (Å²) in [6.45, 7) is 3.82. The number of amides is 1. The number of nitrogens with zero attached hydrogens (tertiary/aromatic N) is 4. The minimum absolute atomic E-state index is 0.0492. The van der Waals surface area contributed by atoms with E-state index in [4.69, 9.17) is 4.74 Å². The van der Waals surface area contributed by atoms with Crippen molar-refractivity contribution in [2.24, 2.45) is 0 Å². The minimum Gasteiger partial charge on any atom is -0.439 e. The van der Waals surface area contributed by atoms with Crippen LogP contribution in [0.1, 0.15) is 22.5 Å². The van der Waals surface area contributed by atoms with Gasteiger partial charge >= 0.3 is 6.18 Å². The van der Waals surface area contributed by atoms with Gasteiger partial charge < -0.3 is 10.1 Å². The van der Waals surface area contributed by atoms with Crippen molar-refractivity contribution < 1.29 is 22.7 Å². The number of hydrogen-bond acceptors (Lipinski definition) is 5. The Bertz CT molecular complexity index is 1300. The number of ether oxygens (including phenoxy) is 1. The normalized spacial score (nSPS) is 11.3. The van der Waals surface area contributed by atoms with Crippen molar-refractivity contribution in [1.82, 2.24) is 19.7 Å². The Morgan fingerprint density at radius 3 is 2.32 bits per heavy atom. The highest BCUT2D eigenvalue weighted by atomic mass is 19.4. The molecule has 4 aromatic rings. The van der Waals surface area contributed by atoms with Gasteiger partial charge in [0.05, 0.1) is 17.7 Å². The molecule has 2 heterocycles. The summed E-state index contributed by atoms with van der Waals surface area (Å²) in [5, 5.41) is 7.10. The van der Waals surface area contributed by atoms with Crippen LogP contribution in [0.25, 0.3) is 5.82 Å². The van der Waals surface area contributed by atoms with Crippen LogP contribution in [0.15, 0.2) is 67.0 Å². The summed E-state index contributed by atoms with van der Waals surface area (Å²) in [6, 6.07) is 14.8. The molecule has 7 nitrogen and oxygen atoms in total. The molecule has 0 aliphatic heterocycles. The second kappa shape index (κ2) is 9.34. The number of alkyl halides is 3. The summed E-state index contributed by atoms with van der Waals surface area (Å²) in [7, 11) is 0. The lowest BCUT2D eigenvalue weighted by molar-refractivity contribution is -0.137. The van der Waals surface area contributed by atoms with Gasteiger partial charge in [-0.25, -0.2) is 14.6 Å². The molecule has 34 heavy (non-hydrogen) atoms. The van der Waals surface area contributed by atoms with Crippen LogP contribution in [-0.2, 0) is 17.4 Å². The summed E-state index contributed by atoms with van der Waals surface area (Å²) < 4.78 is 45.4. The smallest absolute Gasteiger partial charge is 0.416 e. The lowest BCUT2D eigenvalue weighted by atomic mass is 10.1. The van der Waals surface area contributed by atoms with E-state index in [-0.39, 0.29) is 12.3 Å². The number of carbonyl (C=O) groups excluding carboxylic acids is 1. The number of halogens is 3. The number of hydrogen-bond donors (Lipinski definition) is 1. The minimum atomic E-state index is -4.41. The van der Waals surface area contributed by atoms with Gasteiger partial charge in [0.2, 0.25) is 11.8 Å². The molecule has 0 radical (unpaired) electrons. The number of nitrogens with one attached hydrogen (secondary N) is 1. The van der Waals surface area contributed by atoms with Crippen molar-refractivity contribution in [3.8, 4) is 17.4 Å². The third-order valence-corrected chi connectivity index (χ3v) is 4.86. The van der Waals surface area contributed by atoms with Crippen LogP contribution in [0, 0.1) is 13.8 Å². The molecule has 0 aliphatic rings. The van der Waals surface area contributed by atoms with Gasteiger partial charge in [0.1, 0.15) is 12.1 Å². The maximum absolute atomic E-state index is 12.7. The fourth-order valence-corrected chi connectivity index (χ4v) is 3.29. The Morgan fingerprint density at radius 1 is 1.00 bits per heavy atom. The summed E-state index contributed by atoms with van der Waals surface area (Å²) >= 11 is 0. The monoisotopic (exact) mass is 467 g/mol. The second-order valence-electron chi connectivity index (χ2n) is 7.60. The van der Waals surface area contributed by atoms with Crippen molar-refractivity contribution in [2.75, 3.05) is 5.32 Å². The first kappa shape index (κ1) is 23.0. The van der Waals surface area contributed by atoms with Gasteiger partial charge in [-0.05, 0) is 61.9 Å². The molecule has 0 unspecified atom stereocenters. The van der Waals surface area contributed by atoms with Crippen LogP contribution < -0.4 is 10.1 Å². The quantitative estimate of drug-likeness (QED) is 0.418. The number of benzene rings is 2. The van der Waals surface area contributed by atoms with E-state index in [9.17, 15) is 18.0 Å². The molecule has 4 rings (SSSR count). The fourth-order valence-electron chi connectivity index (χ4n) is 3.29. The summed E-state index contributed by atoms with van der Waals surface area (Å²) in [5.74, 6) is 1.05. The van der Waals surface area contributed by atoms with E-state index < -0.39 is 11.7 Å². The van der Waals surface area contributed by atoms with Crippen molar-refractivity contribution in [2.45, 2.75) is 26.4 Å². The maximum Gasteiger partial charge on any atom is 0.416 e. The summed E-state index contributed by atoms with van der Waals surface area (Å²) in [5.41, 5.74) is 2.05. The molecule has 1 N–H and O–H groups in total. The molecule has 174 valence electrons. The zero-order chi connectivity index (χ0) is 24.3. The zero-order valence-electron chi connectivity index (χ0n) is 18.3. The van der Waals surface area contributed by atoms with E-state index in [0.717, 1.165) is 23.5 Å². The van der Waals surface area contributed by atoms with Crippen LogP contribution in [0.4, 0.5) is 18.9 Å². The van der Waals surface area contributed by atoms with Crippen LogP contribution in [0.3, 0.4) is 0 Å². The van der Waals surface area contributed by atoms with Gasteiger partial charge in [0.25, 0.3) is 0 Å². The predicted molar refractivity (Wildman–Crippen MR) is 119 cm³/mol. The van der Waals surface area contributed by atoms with E-state index in [1.807, 2.05) is 19.9 Å². The highest BCUT2D eigenvalue weighted by Crippen LogP contribution is 2.29. The molecule has 0 spiro atoms. The number of aryl methyl sites for hydroxylation is 2. The van der Waals surface area contributed by atoms with Crippen molar-refractivity contribution in [1.29, 1.82) is 0 Å². The van der Waals surface area contributed by atoms with Crippen molar-refractivity contribution >= 4 is 11.6 Å². The maximum atomic E-state index is 12.7. The van der Waals surface area contributed by atoms with E-state index in [1.54, 1.807) is 35.0 Å². The van der Waals surface area contributed by atoms with Crippen LogP contribution in [0.5, 0.6) is 11.6 Å². The number of aromatic nitrogens is 4. The van der Waals surface area contributed by atoms with Gasteiger partial charge in [0, 0.05) is 17.4 Å². The summed E-state index contributed by atoms with van der Waals surface area (Å²) in [6.07, 6.45) is -3.07. The highest BCUT2D eigenvalue weighted by Gasteiger charge is 2.29. The SMILES string of the molecule is Cc1cc(C)n(-c2cc(Oc3ccc(NC(=O)Cc4ccc(C(F)(F)F)cc4)cc3)ncn2)n1. The first-order valence-corrected chi connectivity index (χ1v) is 10.3. The lowest BCUT2D eigenvalue weighted by Crippen LogP contribution is -2.14. The molecule has 0 bridgehead atoms. The Hall–Kier alpha value is -4.21. The lowest BCUT2D eigenvalue weighted by Gasteiger charge is -2.10. The third kappa shape index (κ3) is 5.58. The van der Waals surface area contributed by atoms with Gasteiger partial charge in [-0.2, -0.15) is 18.3 Å². The van der Waals surface area contributed by atoms with Crippen molar-refractivity contribution in [3.05, 3.63) is 89.5 Å². The molecule has 10 heteroatoms. The average molecular weight is 467 g/mol. The molecular weight excluding hydrogens is 447 g/mol. The van der Waals surface area contributed by atoms with Crippen molar-refractivity contribution in [3.63, 3.8) is 0 Å². The molecule has 1 amide bonds. The first-order chi connectivity index (χ1) is 16.2. The molecule has 2 aromatic heterocycles. The third-order valence-electron chi connectivity index (χ3n) is 4.86. The molecular formula is C24H20F3N5O2. The van der Waals surface area contributed by atoms with E-state index >= 15 is 0 Å². The van der Waals surface area contributed by atoms with Crippen LogP contribution in [0.2, 0.25) is 0 Å². The molecule has 0 aliphatic carbocycles. The van der Waals surface area contributed by atoms with Gasteiger partial charge in [-0.15, -0.1) is 0 Å². The van der Waals surface area contributed by atoms with Crippen LogP contribution >= 0.6 is 0 Å². The molecule has 2 aromatic carbocycles. The average Bonchev–Trinajstić information content (AvgIpc) is 3.13. The number of anilines is 1. The van der Waals surface area contributed by atoms with Gasteiger partial charge in [-0.1, -0.05) is 12.1 Å². The second-order valence-corrected chi connectivity index (χ2v) is 7.60. The Labute approximate surface area is 193 Å². The fraction of sp³-hybridized carbons (Fsp3) is 0.167. The van der Waals surface area contributed by atoms with E-state index in [1.165, 1.54) is 18.5 Å². The molecule has 0 atom stereocenters. The molecule has 0 saturated heterocycles. The van der Waals surface area contributed by atoms with Crippen LogP contribution in [-0.4, -0.2) is 25.7 Å². The Balaban J connectivity index is 1.36. The highest BCUT2D eigenvalue weighted by molar-refractivity contribution is 5.92.